The van der Waals surface area contributed by atoms with Gasteiger partial charge in [-0.1, -0.05) is 29.3 Å². The number of likely N-dealkylation sites (tertiary alicyclic amines) is 1. The van der Waals surface area contributed by atoms with Crippen molar-refractivity contribution in [1.82, 2.24) is 20.4 Å². The van der Waals surface area contributed by atoms with Crippen molar-refractivity contribution in [3.05, 3.63) is 46.8 Å². The molecule has 3 N–H and O–H groups in total. The zero-order valence-electron chi connectivity index (χ0n) is 17.5. The first kappa shape index (κ1) is 20.9. The molecule has 7 heteroatoms. The highest BCUT2D eigenvalue weighted by molar-refractivity contribution is 5.89. The van der Waals surface area contributed by atoms with Crippen molar-refractivity contribution < 1.29 is 9.59 Å². The fourth-order valence-corrected chi connectivity index (χ4v) is 4.10. The first-order valence-electron chi connectivity index (χ1n) is 10.4. The summed E-state index contributed by atoms with van der Waals surface area (Å²) in [6, 6.07) is 6.22. The van der Waals surface area contributed by atoms with Gasteiger partial charge in [0.25, 0.3) is 0 Å². The van der Waals surface area contributed by atoms with Crippen LogP contribution < -0.4 is 10.6 Å². The van der Waals surface area contributed by atoms with Crippen molar-refractivity contribution in [1.29, 1.82) is 0 Å². The predicted octanol–water partition coefficient (Wildman–Crippen LogP) is 3.51. The van der Waals surface area contributed by atoms with Crippen LogP contribution in [0.5, 0.6) is 0 Å². The zero-order valence-corrected chi connectivity index (χ0v) is 17.5. The number of nitrogens with one attached hydrogen (secondary N) is 3. The van der Waals surface area contributed by atoms with Gasteiger partial charge in [-0.15, -0.1) is 0 Å². The second-order valence-corrected chi connectivity index (χ2v) is 7.86. The van der Waals surface area contributed by atoms with Crippen LogP contribution in [0.2, 0.25) is 0 Å². The Morgan fingerprint density at radius 2 is 2.00 bits per heavy atom. The maximum Gasteiger partial charge on any atom is 0.319 e. The molecule has 1 atom stereocenters. The molecule has 0 bridgehead atoms. The number of nitrogens with zero attached hydrogens (tertiary/aromatic N) is 2. The number of carbonyl (C=O) groups is 2. The van der Waals surface area contributed by atoms with Crippen molar-refractivity contribution >= 4 is 17.6 Å². The maximum atomic E-state index is 12.8. The van der Waals surface area contributed by atoms with E-state index in [0.29, 0.717) is 25.2 Å². The molecular weight excluding hydrogens is 366 g/mol. The van der Waals surface area contributed by atoms with Gasteiger partial charge in [0.15, 0.2) is 0 Å². The van der Waals surface area contributed by atoms with E-state index in [-0.39, 0.29) is 17.9 Å². The van der Waals surface area contributed by atoms with Crippen LogP contribution in [0.4, 0.5) is 10.5 Å². The van der Waals surface area contributed by atoms with Gasteiger partial charge in [0.05, 0.1) is 17.6 Å². The number of aryl methyl sites for hydroxylation is 3. The molecule has 0 unspecified atom stereocenters. The number of hydrogen-bond acceptors (Lipinski definition) is 3. The average molecular weight is 398 g/mol. The van der Waals surface area contributed by atoms with Crippen LogP contribution in [0.25, 0.3) is 0 Å². The SMILES string of the molecule is CCNC(=O)Nc1cn[nH]c1[C@H]1CCCN(C(=O)CCc2cc(C)cc(C)c2)C1. The minimum atomic E-state index is -0.243. The van der Waals surface area contributed by atoms with E-state index < -0.39 is 0 Å². The van der Waals surface area contributed by atoms with Crippen LogP contribution in [0, 0.1) is 13.8 Å². The number of amides is 3. The second-order valence-electron chi connectivity index (χ2n) is 7.86. The zero-order chi connectivity index (χ0) is 20.8. The molecule has 1 aromatic carbocycles. The molecule has 0 aliphatic carbocycles. The first-order valence-corrected chi connectivity index (χ1v) is 10.4. The number of H-pyrrole nitrogens is 1. The molecule has 1 aromatic heterocycles. The molecule has 29 heavy (non-hydrogen) atoms. The summed E-state index contributed by atoms with van der Waals surface area (Å²) in [4.78, 5) is 26.6. The molecular formula is C22H31N5O2. The highest BCUT2D eigenvalue weighted by atomic mass is 16.2. The minimum Gasteiger partial charge on any atom is -0.342 e. The number of rotatable bonds is 6. The molecule has 7 nitrogen and oxygen atoms in total. The molecule has 0 saturated carbocycles. The number of anilines is 1. The summed E-state index contributed by atoms with van der Waals surface area (Å²) >= 11 is 0. The smallest absolute Gasteiger partial charge is 0.319 e. The summed E-state index contributed by atoms with van der Waals surface area (Å²) in [5.74, 6) is 0.333. The van der Waals surface area contributed by atoms with E-state index in [4.69, 9.17) is 0 Å². The number of benzene rings is 1. The summed E-state index contributed by atoms with van der Waals surface area (Å²) in [5.41, 5.74) is 5.26. The van der Waals surface area contributed by atoms with Gasteiger partial charge in [-0.2, -0.15) is 5.10 Å². The predicted molar refractivity (Wildman–Crippen MR) is 114 cm³/mol. The quantitative estimate of drug-likeness (QED) is 0.697. The highest BCUT2D eigenvalue weighted by Crippen LogP contribution is 2.30. The van der Waals surface area contributed by atoms with E-state index >= 15 is 0 Å². The summed E-state index contributed by atoms with van der Waals surface area (Å²) < 4.78 is 0. The van der Waals surface area contributed by atoms with Crippen LogP contribution in [0.3, 0.4) is 0 Å². The topological polar surface area (TPSA) is 90.1 Å². The van der Waals surface area contributed by atoms with Crippen LogP contribution in [0.15, 0.2) is 24.4 Å². The van der Waals surface area contributed by atoms with E-state index in [2.05, 4.69) is 52.9 Å². The van der Waals surface area contributed by atoms with Gasteiger partial charge < -0.3 is 15.5 Å². The first-order chi connectivity index (χ1) is 14.0. The summed E-state index contributed by atoms with van der Waals surface area (Å²) in [7, 11) is 0. The molecule has 3 rings (SSSR count). The normalized spacial score (nSPS) is 16.5. The van der Waals surface area contributed by atoms with Crippen molar-refractivity contribution in [3.8, 4) is 0 Å². The lowest BCUT2D eigenvalue weighted by Crippen LogP contribution is -2.39. The Labute approximate surface area is 172 Å². The molecule has 1 aliphatic rings. The van der Waals surface area contributed by atoms with Gasteiger partial charge in [0, 0.05) is 32.0 Å². The molecule has 1 aliphatic heterocycles. The monoisotopic (exact) mass is 397 g/mol. The fraction of sp³-hybridized carbons (Fsp3) is 0.500. The van der Waals surface area contributed by atoms with E-state index in [0.717, 1.165) is 31.5 Å². The van der Waals surface area contributed by atoms with E-state index in [1.54, 1.807) is 6.20 Å². The molecule has 156 valence electrons. The number of piperidine rings is 1. The van der Waals surface area contributed by atoms with Crippen LogP contribution in [-0.2, 0) is 11.2 Å². The molecule has 2 heterocycles. The molecule has 0 radical (unpaired) electrons. The Balaban J connectivity index is 1.60. The number of carbonyl (C=O) groups excluding carboxylic acids is 2. The van der Waals surface area contributed by atoms with Crippen molar-refractivity contribution in [2.75, 3.05) is 25.0 Å². The van der Waals surface area contributed by atoms with Gasteiger partial charge in [-0.3, -0.25) is 9.89 Å². The lowest BCUT2D eigenvalue weighted by molar-refractivity contribution is -0.132. The highest BCUT2D eigenvalue weighted by Gasteiger charge is 2.27. The Hall–Kier alpha value is -2.83. The van der Waals surface area contributed by atoms with Crippen molar-refractivity contribution in [2.45, 2.75) is 52.4 Å². The second kappa shape index (κ2) is 9.58. The van der Waals surface area contributed by atoms with Gasteiger partial charge in [-0.25, -0.2) is 4.79 Å². The van der Waals surface area contributed by atoms with Crippen molar-refractivity contribution in [3.63, 3.8) is 0 Å². The van der Waals surface area contributed by atoms with E-state index in [1.807, 2.05) is 11.8 Å². The Morgan fingerprint density at radius 3 is 2.72 bits per heavy atom. The standard InChI is InChI=1S/C22H31N5O2/c1-4-23-22(29)25-19-13-24-26-21(19)18-6-5-9-27(14-18)20(28)8-7-17-11-15(2)10-16(3)12-17/h10-13,18H,4-9,14H2,1-3H3,(H,24,26)(H2,23,25,29)/t18-/m0/s1. The maximum absolute atomic E-state index is 12.8. The molecule has 0 spiro atoms. The van der Waals surface area contributed by atoms with Crippen LogP contribution in [-0.4, -0.2) is 46.7 Å². The largest absolute Gasteiger partial charge is 0.342 e. The Morgan fingerprint density at radius 1 is 1.24 bits per heavy atom. The van der Waals surface area contributed by atoms with Crippen molar-refractivity contribution in [2.24, 2.45) is 0 Å². The number of aromatic nitrogens is 2. The molecule has 2 aromatic rings. The molecule has 3 amide bonds. The third-order valence-electron chi connectivity index (χ3n) is 5.35. The number of aromatic amines is 1. The molecule has 1 fully saturated rings. The van der Waals surface area contributed by atoms with Crippen LogP contribution in [0.1, 0.15) is 54.5 Å². The molecule has 1 saturated heterocycles. The van der Waals surface area contributed by atoms with E-state index in [9.17, 15) is 9.59 Å². The fourth-order valence-electron chi connectivity index (χ4n) is 4.10. The number of urea groups is 1. The van der Waals surface area contributed by atoms with Gasteiger partial charge in [0.1, 0.15) is 0 Å². The third kappa shape index (κ3) is 5.59. The van der Waals surface area contributed by atoms with Crippen LogP contribution >= 0.6 is 0 Å². The van der Waals surface area contributed by atoms with Gasteiger partial charge in [-0.05, 0) is 45.6 Å². The summed E-state index contributed by atoms with van der Waals surface area (Å²) in [5, 5.41) is 12.7. The van der Waals surface area contributed by atoms with Gasteiger partial charge >= 0.3 is 6.03 Å². The van der Waals surface area contributed by atoms with E-state index in [1.165, 1.54) is 16.7 Å². The Kier molecular flexibility index (Phi) is 6.90. The van der Waals surface area contributed by atoms with Gasteiger partial charge in [0.2, 0.25) is 5.91 Å². The third-order valence-corrected chi connectivity index (χ3v) is 5.35. The summed E-state index contributed by atoms with van der Waals surface area (Å²) in [6.45, 7) is 8.05. The lowest BCUT2D eigenvalue weighted by atomic mass is 9.93. The number of hydrogen-bond donors (Lipinski definition) is 3. The average Bonchev–Trinajstić information content (AvgIpc) is 3.13. The Bertz CT molecular complexity index is 840. The minimum absolute atomic E-state index is 0.147. The summed E-state index contributed by atoms with van der Waals surface area (Å²) in [6.07, 6.45) is 4.82. The lowest BCUT2D eigenvalue weighted by Gasteiger charge is -2.32.